The van der Waals surface area contributed by atoms with Gasteiger partial charge in [0.15, 0.2) is 0 Å². The Morgan fingerprint density at radius 3 is 2.50 bits per heavy atom. The highest BCUT2D eigenvalue weighted by atomic mass is 35.5. The van der Waals surface area contributed by atoms with Gasteiger partial charge in [-0.1, -0.05) is 61.3 Å². The van der Waals surface area contributed by atoms with Gasteiger partial charge < -0.3 is 10.2 Å². The maximum Gasteiger partial charge on any atom is 0.231 e. The van der Waals surface area contributed by atoms with Crippen molar-refractivity contribution in [2.75, 3.05) is 19.6 Å². The van der Waals surface area contributed by atoms with Crippen LogP contribution >= 0.6 is 11.6 Å². The number of nitrogens with one attached hydrogen (secondary N) is 1. The Kier molecular flexibility index (Phi) is 5.75. The number of carbonyl (C=O) groups excluding carboxylic acids is 1. The van der Waals surface area contributed by atoms with Crippen LogP contribution in [-0.2, 0) is 10.2 Å². The molecule has 2 aromatic carbocycles. The molecule has 2 unspecified atom stereocenters. The Morgan fingerprint density at radius 1 is 1.07 bits per heavy atom. The van der Waals surface area contributed by atoms with Gasteiger partial charge >= 0.3 is 0 Å². The molecule has 0 saturated carbocycles. The number of rotatable bonds is 5. The average molecular weight is 397 g/mol. The summed E-state index contributed by atoms with van der Waals surface area (Å²) in [6, 6.07) is 16.2. The predicted molar refractivity (Wildman–Crippen MR) is 115 cm³/mol. The number of halogens is 1. The van der Waals surface area contributed by atoms with Crippen LogP contribution in [0.5, 0.6) is 0 Å². The maximum atomic E-state index is 13.5. The van der Waals surface area contributed by atoms with E-state index >= 15 is 0 Å². The van der Waals surface area contributed by atoms with Gasteiger partial charge in [-0.15, -0.1) is 0 Å². The number of likely N-dealkylation sites (tertiary alicyclic amines) is 1. The molecule has 0 aromatic heterocycles. The molecule has 2 aliphatic heterocycles. The molecule has 1 saturated heterocycles. The highest BCUT2D eigenvalue weighted by Gasteiger charge is 2.45. The van der Waals surface area contributed by atoms with Crippen LogP contribution in [0.4, 0.5) is 0 Å². The lowest BCUT2D eigenvalue weighted by molar-refractivity contribution is -0.128. The molecule has 2 aliphatic rings. The Morgan fingerprint density at radius 2 is 1.79 bits per heavy atom. The maximum absolute atomic E-state index is 13.5. The van der Waals surface area contributed by atoms with E-state index in [2.05, 4.69) is 41.4 Å². The number of amides is 1. The van der Waals surface area contributed by atoms with Gasteiger partial charge in [0.2, 0.25) is 5.91 Å². The molecule has 1 fully saturated rings. The number of hydrogen-bond donors (Lipinski definition) is 1. The smallest absolute Gasteiger partial charge is 0.231 e. The van der Waals surface area contributed by atoms with Crippen molar-refractivity contribution in [3.05, 3.63) is 70.2 Å². The fourth-order valence-corrected chi connectivity index (χ4v) is 5.01. The highest BCUT2D eigenvalue weighted by Crippen LogP contribution is 2.42. The molecule has 0 aliphatic carbocycles. The molecular formula is C24H29ClN2O. The molecule has 0 radical (unpaired) electrons. The summed E-state index contributed by atoms with van der Waals surface area (Å²) in [5.74, 6) is 0.158. The Balaban J connectivity index is 1.67. The van der Waals surface area contributed by atoms with Gasteiger partial charge in [0, 0.05) is 5.02 Å². The minimum Gasteiger partial charge on any atom is -0.344 e. The number of fused-ring (bicyclic) bond motifs is 1. The number of piperidine rings is 1. The molecule has 2 heterocycles. The quantitative estimate of drug-likeness (QED) is 0.764. The van der Waals surface area contributed by atoms with Crippen molar-refractivity contribution in [2.24, 2.45) is 0 Å². The van der Waals surface area contributed by atoms with Crippen LogP contribution in [0.25, 0.3) is 0 Å². The summed E-state index contributed by atoms with van der Waals surface area (Å²) in [5, 5.41) is 4.05. The minimum absolute atomic E-state index is 0.115. The van der Waals surface area contributed by atoms with Gasteiger partial charge in [0.25, 0.3) is 0 Å². The first-order valence-electron chi connectivity index (χ1n) is 10.5. The molecule has 0 spiro atoms. The molecule has 0 bridgehead atoms. The van der Waals surface area contributed by atoms with Crippen molar-refractivity contribution >= 4 is 17.5 Å². The van der Waals surface area contributed by atoms with Crippen molar-refractivity contribution in [3.8, 4) is 0 Å². The second-order valence-corrected chi connectivity index (χ2v) is 8.57. The Bertz CT molecular complexity index is 829. The second-order valence-electron chi connectivity index (χ2n) is 8.13. The predicted octanol–water partition coefficient (Wildman–Crippen LogP) is 5.08. The molecule has 148 valence electrons. The minimum atomic E-state index is -0.447. The zero-order valence-electron chi connectivity index (χ0n) is 16.6. The van der Waals surface area contributed by atoms with Crippen LogP contribution in [0.15, 0.2) is 48.5 Å². The third-order valence-electron chi connectivity index (χ3n) is 6.61. The first-order chi connectivity index (χ1) is 13.6. The molecule has 1 amide bonds. The summed E-state index contributed by atoms with van der Waals surface area (Å²) in [5.41, 5.74) is 3.03. The number of hydrogen-bond acceptors (Lipinski definition) is 2. The van der Waals surface area contributed by atoms with Gasteiger partial charge in [-0.05, 0) is 74.1 Å². The molecule has 28 heavy (non-hydrogen) atoms. The summed E-state index contributed by atoms with van der Waals surface area (Å²) in [6.45, 7) is 5.46. The van der Waals surface area contributed by atoms with Crippen molar-refractivity contribution in [1.29, 1.82) is 0 Å². The van der Waals surface area contributed by atoms with E-state index in [4.69, 9.17) is 11.6 Å². The van der Waals surface area contributed by atoms with E-state index in [1.54, 1.807) is 0 Å². The van der Waals surface area contributed by atoms with Crippen molar-refractivity contribution in [1.82, 2.24) is 10.2 Å². The standard InChI is InChI=1S/C24H29ClN2O/c1-2-24(14-17-27-15-6-3-7-16-27)21-9-5-4-8-20(21)22(26-23(24)28)18-10-12-19(25)13-11-18/h4-5,8-13,22H,2-3,6-7,14-17H2,1H3,(H,26,28). The third kappa shape index (κ3) is 3.58. The van der Waals surface area contributed by atoms with Crippen LogP contribution in [0.3, 0.4) is 0 Å². The van der Waals surface area contributed by atoms with Gasteiger partial charge in [0.05, 0.1) is 11.5 Å². The molecule has 1 N–H and O–H groups in total. The molecule has 4 rings (SSSR count). The molecule has 2 aromatic rings. The molecule has 4 heteroatoms. The van der Waals surface area contributed by atoms with E-state index in [9.17, 15) is 4.79 Å². The summed E-state index contributed by atoms with van der Waals surface area (Å²) in [6.07, 6.45) is 5.58. The van der Waals surface area contributed by atoms with E-state index in [0.717, 1.165) is 38.0 Å². The largest absolute Gasteiger partial charge is 0.344 e. The van der Waals surface area contributed by atoms with Crippen LogP contribution in [0.2, 0.25) is 5.02 Å². The van der Waals surface area contributed by atoms with Gasteiger partial charge in [0.1, 0.15) is 0 Å². The lowest BCUT2D eigenvalue weighted by Crippen LogP contribution is -2.52. The van der Waals surface area contributed by atoms with Crippen molar-refractivity contribution in [2.45, 2.75) is 50.5 Å². The highest BCUT2D eigenvalue weighted by molar-refractivity contribution is 6.30. The van der Waals surface area contributed by atoms with Crippen molar-refractivity contribution in [3.63, 3.8) is 0 Å². The zero-order chi connectivity index (χ0) is 19.6. The second kappa shape index (κ2) is 8.26. The van der Waals surface area contributed by atoms with E-state index in [1.165, 1.54) is 30.4 Å². The monoisotopic (exact) mass is 396 g/mol. The third-order valence-corrected chi connectivity index (χ3v) is 6.86. The lowest BCUT2D eigenvalue weighted by Gasteiger charge is -2.42. The Hall–Kier alpha value is -1.84. The number of nitrogens with zero attached hydrogens (tertiary/aromatic N) is 1. The van der Waals surface area contributed by atoms with Crippen molar-refractivity contribution < 1.29 is 4.79 Å². The van der Waals surface area contributed by atoms with Gasteiger partial charge in [-0.3, -0.25) is 4.79 Å². The number of benzene rings is 2. The Labute approximate surface area is 173 Å². The van der Waals surface area contributed by atoms with Crippen LogP contribution in [0, 0.1) is 0 Å². The van der Waals surface area contributed by atoms with Crippen LogP contribution < -0.4 is 5.32 Å². The fourth-order valence-electron chi connectivity index (χ4n) is 4.88. The molecular weight excluding hydrogens is 368 g/mol. The van der Waals surface area contributed by atoms with E-state index < -0.39 is 5.41 Å². The summed E-state index contributed by atoms with van der Waals surface area (Å²) in [4.78, 5) is 16.0. The fraction of sp³-hybridized carbons (Fsp3) is 0.458. The molecule has 2 atom stereocenters. The SMILES string of the molecule is CCC1(CCN2CCCCC2)C(=O)NC(c2ccc(Cl)cc2)c2ccccc21. The first-order valence-corrected chi connectivity index (χ1v) is 10.9. The first kappa shape index (κ1) is 19.5. The van der Waals surface area contributed by atoms with Gasteiger partial charge in [-0.25, -0.2) is 0 Å². The average Bonchev–Trinajstić information content (AvgIpc) is 2.74. The van der Waals surface area contributed by atoms with E-state index in [1.807, 2.05) is 24.3 Å². The summed E-state index contributed by atoms with van der Waals surface area (Å²) >= 11 is 6.07. The van der Waals surface area contributed by atoms with E-state index in [0.29, 0.717) is 5.02 Å². The molecule has 3 nitrogen and oxygen atoms in total. The number of carbonyl (C=O) groups is 1. The zero-order valence-corrected chi connectivity index (χ0v) is 17.3. The van der Waals surface area contributed by atoms with E-state index in [-0.39, 0.29) is 11.9 Å². The topological polar surface area (TPSA) is 32.3 Å². The summed E-state index contributed by atoms with van der Waals surface area (Å²) < 4.78 is 0. The summed E-state index contributed by atoms with van der Waals surface area (Å²) in [7, 11) is 0. The van der Waals surface area contributed by atoms with Crippen LogP contribution in [-0.4, -0.2) is 30.4 Å². The van der Waals surface area contributed by atoms with Crippen LogP contribution in [0.1, 0.15) is 61.8 Å². The lowest BCUT2D eigenvalue weighted by atomic mass is 9.68. The normalized spacial score (nSPS) is 25.2. The van der Waals surface area contributed by atoms with Gasteiger partial charge in [-0.2, -0.15) is 0 Å².